The molecule has 3 aromatic rings. The van der Waals surface area contributed by atoms with Gasteiger partial charge in [-0.1, -0.05) is 30.3 Å². The van der Waals surface area contributed by atoms with E-state index < -0.39 is 24.3 Å². The lowest BCUT2D eigenvalue weighted by Crippen LogP contribution is -2.51. The van der Waals surface area contributed by atoms with Crippen molar-refractivity contribution in [1.29, 1.82) is 5.26 Å². The molecule has 1 aromatic heterocycles. The maximum atomic E-state index is 14.1. The Balaban J connectivity index is 1.96. The van der Waals surface area contributed by atoms with Gasteiger partial charge in [0.1, 0.15) is 23.5 Å². The molecular formula is C31H40N4O6. The molecule has 0 radical (unpaired) electrons. The van der Waals surface area contributed by atoms with Gasteiger partial charge >= 0.3 is 6.09 Å². The van der Waals surface area contributed by atoms with E-state index in [1.807, 2.05) is 88.7 Å². The van der Waals surface area contributed by atoms with Crippen molar-refractivity contribution < 1.29 is 28.9 Å². The minimum atomic E-state index is -1.30. The maximum Gasteiger partial charge on any atom is 0.405 e. The Morgan fingerprint density at radius 3 is 2.32 bits per heavy atom. The third-order valence-corrected chi connectivity index (χ3v) is 6.34. The van der Waals surface area contributed by atoms with Crippen LogP contribution in [0, 0.1) is 11.3 Å². The molecule has 2 aromatic carbocycles. The Hall–Kier alpha value is -4.07. The summed E-state index contributed by atoms with van der Waals surface area (Å²) in [5.74, 6) is 0.263. The first-order valence-electron chi connectivity index (χ1n) is 13.7. The molecule has 0 spiro atoms. The van der Waals surface area contributed by atoms with Gasteiger partial charge in [0.25, 0.3) is 0 Å². The van der Waals surface area contributed by atoms with Crippen LogP contribution in [0.4, 0.5) is 4.79 Å². The Kier molecular flexibility index (Phi) is 10.8. The lowest BCUT2D eigenvalue weighted by molar-refractivity contribution is -0.160. The van der Waals surface area contributed by atoms with E-state index in [-0.39, 0.29) is 25.1 Å². The molecule has 2 N–H and O–H groups in total. The average Bonchev–Trinajstić information content (AvgIpc) is 3.24. The Labute approximate surface area is 241 Å². The van der Waals surface area contributed by atoms with Crippen LogP contribution >= 0.6 is 0 Å². The summed E-state index contributed by atoms with van der Waals surface area (Å²) in [5.41, 5.74) is 2.58. The molecule has 1 unspecified atom stereocenters. The van der Waals surface area contributed by atoms with Gasteiger partial charge in [0.15, 0.2) is 6.29 Å². The van der Waals surface area contributed by atoms with E-state index in [0.29, 0.717) is 24.5 Å². The number of carbonyl (C=O) groups excluding carboxylic acids is 1. The van der Waals surface area contributed by atoms with Crippen LogP contribution in [0.15, 0.2) is 48.7 Å². The summed E-state index contributed by atoms with van der Waals surface area (Å²) in [4.78, 5) is 27.4. The number of hydrogen-bond acceptors (Lipinski definition) is 6. The Morgan fingerprint density at radius 2 is 1.76 bits per heavy atom. The molecule has 0 saturated heterocycles. The highest BCUT2D eigenvalue weighted by atomic mass is 16.7. The van der Waals surface area contributed by atoms with Crippen LogP contribution < -0.4 is 10.1 Å². The summed E-state index contributed by atoms with van der Waals surface area (Å²) < 4.78 is 19.3. The lowest BCUT2D eigenvalue weighted by atomic mass is 10.0. The topological polar surface area (TPSA) is 126 Å². The first-order valence-corrected chi connectivity index (χ1v) is 13.7. The summed E-state index contributed by atoms with van der Waals surface area (Å²) in [5, 5.41) is 22.4. The van der Waals surface area contributed by atoms with Crippen molar-refractivity contribution in [3.8, 4) is 11.8 Å². The minimum absolute atomic E-state index is 0.0859. The monoisotopic (exact) mass is 564 g/mol. The normalized spacial score (nSPS) is 12.2. The average molecular weight is 565 g/mol. The number of carbonyl (C=O) groups is 2. The number of benzene rings is 2. The van der Waals surface area contributed by atoms with Gasteiger partial charge < -0.3 is 34.1 Å². The van der Waals surface area contributed by atoms with Crippen LogP contribution in [-0.2, 0) is 34.3 Å². The molecule has 10 heteroatoms. The number of nitrogens with zero attached hydrogens (tertiary/aromatic N) is 3. The third-order valence-electron chi connectivity index (χ3n) is 6.34. The van der Waals surface area contributed by atoms with Crippen LogP contribution in [0.1, 0.15) is 51.3 Å². The van der Waals surface area contributed by atoms with Gasteiger partial charge in [-0.15, -0.1) is 0 Å². The molecule has 3 rings (SSSR count). The maximum absolute atomic E-state index is 14.1. The largest absolute Gasteiger partial charge is 0.488 e. The van der Waals surface area contributed by atoms with Gasteiger partial charge in [0.2, 0.25) is 5.91 Å². The summed E-state index contributed by atoms with van der Waals surface area (Å²) in [7, 11) is 1.85. The van der Waals surface area contributed by atoms with Crippen molar-refractivity contribution in [2.45, 2.75) is 65.5 Å². The second-order valence-corrected chi connectivity index (χ2v) is 10.7. The summed E-state index contributed by atoms with van der Waals surface area (Å²) in [6.07, 6.45) is -0.107. The summed E-state index contributed by atoms with van der Waals surface area (Å²) in [6, 6.07) is 14.0. The van der Waals surface area contributed by atoms with Crippen LogP contribution in [0.3, 0.4) is 0 Å². The Morgan fingerprint density at radius 1 is 1.10 bits per heavy atom. The number of para-hydroxylation sites is 1. The zero-order valence-electron chi connectivity index (χ0n) is 24.6. The predicted octanol–water partition coefficient (Wildman–Crippen LogP) is 4.83. The number of ether oxygens (including phenoxy) is 3. The Bertz CT molecular complexity index is 1360. The van der Waals surface area contributed by atoms with Gasteiger partial charge in [-0.25, -0.2) is 4.79 Å². The molecule has 2 amide bonds. The molecule has 41 heavy (non-hydrogen) atoms. The van der Waals surface area contributed by atoms with Crippen molar-refractivity contribution >= 4 is 22.9 Å². The molecule has 0 aliphatic heterocycles. The molecule has 1 heterocycles. The first-order chi connectivity index (χ1) is 19.4. The fourth-order valence-corrected chi connectivity index (χ4v) is 4.77. The SMILES string of the molecule is CCOC(CN(Cc1cccc2c(C#N)cn(C)c12)C(=O)C(Cc1ccc(OC(C)(C)C)cc1)NC(=O)O)OCC. The number of rotatable bonds is 13. The van der Waals surface area contributed by atoms with E-state index in [0.717, 1.165) is 22.0 Å². The second-order valence-electron chi connectivity index (χ2n) is 10.7. The van der Waals surface area contributed by atoms with E-state index in [4.69, 9.17) is 14.2 Å². The molecule has 0 saturated carbocycles. The zero-order valence-corrected chi connectivity index (χ0v) is 24.6. The number of carboxylic acid groups (broad SMARTS) is 1. The first kappa shape index (κ1) is 31.5. The quantitative estimate of drug-likeness (QED) is 0.285. The molecule has 10 nitrogen and oxygen atoms in total. The van der Waals surface area contributed by atoms with Crippen LogP contribution in [-0.4, -0.2) is 64.3 Å². The van der Waals surface area contributed by atoms with E-state index in [1.165, 1.54) is 0 Å². The second kappa shape index (κ2) is 14.0. The van der Waals surface area contributed by atoms with Gasteiger partial charge in [0.05, 0.1) is 17.6 Å². The molecule has 0 bridgehead atoms. The standard InChI is InChI=1S/C31H40N4O6/c1-7-39-27(40-8-2)20-35(19-22-10-9-11-25-23(17-32)18-34(6)28(22)25)29(36)26(33-30(37)38)16-21-12-14-24(15-13-21)41-31(3,4)5/h9-15,18,26-27,33H,7-8,16,19-20H2,1-6H3,(H,37,38). The number of fused-ring (bicyclic) bond motifs is 1. The summed E-state index contributed by atoms with van der Waals surface area (Å²) >= 11 is 0. The number of nitrogens with one attached hydrogen (secondary N) is 1. The fourth-order valence-electron chi connectivity index (χ4n) is 4.77. The van der Waals surface area contributed by atoms with E-state index in [1.54, 1.807) is 11.1 Å². The minimum Gasteiger partial charge on any atom is -0.488 e. The molecule has 0 aliphatic rings. The zero-order chi connectivity index (χ0) is 30.2. The highest BCUT2D eigenvalue weighted by Gasteiger charge is 2.29. The van der Waals surface area contributed by atoms with Crippen molar-refractivity contribution in [2.24, 2.45) is 7.05 Å². The predicted molar refractivity (Wildman–Crippen MR) is 156 cm³/mol. The highest BCUT2D eigenvalue weighted by molar-refractivity contribution is 5.90. The third kappa shape index (κ3) is 8.71. The van der Waals surface area contributed by atoms with Crippen LogP contribution in [0.25, 0.3) is 10.9 Å². The number of hydrogen-bond donors (Lipinski definition) is 2. The van der Waals surface area contributed by atoms with Gasteiger partial charge in [-0.3, -0.25) is 4.79 Å². The molecule has 0 aliphatic carbocycles. The number of aromatic nitrogens is 1. The van der Waals surface area contributed by atoms with Crippen molar-refractivity contribution in [1.82, 2.24) is 14.8 Å². The van der Waals surface area contributed by atoms with Gasteiger partial charge in [0, 0.05) is 44.8 Å². The fraction of sp³-hybridized carbons (Fsp3) is 0.452. The van der Waals surface area contributed by atoms with Gasteiger partial charge in [-0.05, 0) is 57.9 Å². The van der Waals surface area contributed by atoms with Crippen LogP contribution in [0.5, 0.6) is 5.75 Å². The molecule has 220 valence electrons. The van der Waals surface area contributed by atoms with Crippen molar-refractivity contribution in [3.05, 3.63) is 65.4 Å². The van der Waals surface area contributed by atoms with E-state index >= 15 is 0 Å². The van der Waals surface area contributed by atoms with Crippen LogP contribution in [0.2, 0.25) is 0 Å². The van der Waals surface area contributed by atoms with Crippen molar-refractivity contribution in [3.63, 3.8) is 0 Å². The smallest absolute Gasteiger partial charge is 0.405 e. The molecule has 0 fully saturated rings. The van der Waals surface area contributed by atoms with Crippen molar-refractivity contribution in [2.75, 3.05) is 19.8 Å². The molecular weight excluding hydrogens is 524 g/mol. The number of nitriles is 1. The molecule has 1 atom stereocenters. The van der Waals surface area contributed by atoms with E-state index in [9.17, 15) is 20.0 Å². The lowest BCUT2D eigenvalue weighted by Gasteiger charge is -2.31. The highest BCUT2D eigenvalue weighted by Crippen LogP contribution is 2.26. The summed E-state index contributed by atoms with van der Waals surface area (Å²) in [6.45, 7) is 10.6. The van der Waals surface area contributed by atoms with Gasteiger partial charge in [-0.2, -0.15) is 5.26 Å². The number of amides is 2. The number of aryl methyl sites for hydroxylation is 1. The van der Waals surface area contributed by atoms with E-state index in [2.05, 4.69) is 11.4 Å².